The Bertz CT molecular complexity index is 454. The summed E-state index contributed by atoms with van der Waals surface area (Å²) in [6.07, 6.45) is 0.859. The first-order valence-corrected chi connectivity index (χ1v) is 7.60. The van der Waals surface area contributed by atoms with Crippen molar-refractivity contribution in [1.82, 2.24) is 4.90 Å². The Kier molecular flexibility index (Phi) is 4.71. The molecule has 0 amide bonds. The number of nitrogens with zero attached hydrogens (tertiary/aromatic N) is 1. The highest BCUT2D eigenvalue weighted by Gasteiger charge is 2.37. The Morgan fingerprint density at radius 3 is 2.19 bits per heavy atom. The Morgan fingerprint density at radius 2 is 1.67 bits per heavy atom. The number of morpholine rings is 1. The zero-order valence-corrected chi connectivity index (χ0v) is 13.5. The highest BCUT2D eigenvalue weighted by molar-refractivity contribution is 5.19. The molecule has 2 N–H and O–H groups in total. The van der Waals surface area contributed by atoms with Gasteiger partial charge in [0.15, 0.2) is 0 Å². The maximum atomic E-state index is 12.9. The summed E-state index contributed by atoms with van der Waals surface area (Å²) in [4.78, 5) is 2.41. The van der Waals surface area contributed by atoms with Crippen LogP contribution in [0.15, 0.2) is 24.3 Å². The highest BCUT2D eigenvalue weighted by atomic mass is 19.1. The minimum atomic E-state index is -0.220. The SMILES string of the molecule is CC1(C)CN(CCC(N)c2ccc(F)cc2)CC(C)(C)O1. The largest absolute Gasteiger partial charge is 0.367 e. The van der Waals surface area contributed by atoms with Crippen LogP contribution < -0.4 is 5.73 Å². The normalized spacial score (nSPS) is 23.0. The molecule has 4 heteroatoms. The van der Waals surface area contributed by atoms with Gasteiger partial charge in [0.2, 0.25) is 0 Å². The zero-order chi connectivity index (χ0) is 15.7. The lowest BCUT2D eigenvalue weighted by Crippen LogP contribution is -2.57. The summed E-state index contributed by atoms with van der Waals surface area (Å²) >= 11 is 0. The van der Waals surface area contributed by atoms with Crippen LogP contribution in [0.25, 0.3) is 0 Å². The lowest BCUT2D eigenvalue weighted by molar-refractivity contribution is -0.180. The van der Waals surface area contributed by atoms with E-state index in [1.165, 1.54) is 12.1 Å². The minimum absolute atomic E-state index is 0.0559. The lowest BCUT2D eigenvalue weighted by atomic mass is 9.97. The van der Waals surface area contributed by atoms with Gasteiger partial charge in [0.25, 0.3) is 0 Å². The molecule has 1 aromatic carbocycles. The fraction of sp³-hybridized carbons (Fsp3) is 0.647. The van der Waals surface area contributed by atoms with Gasteiger partial charge in [-0.1, -0.05) is 12.1 Å². The smallest absolute Gasteiger partial charge is 0.123 e. The third kappa shape index (κ3) is 4.77. The number of hydrogen-bond acceptors (Lipinski definition) is 3. The quantitative estimate of drug-likeness (QED) is 0.927. The van der Waals surface area contributed by atoms with Gasteiger partial charge in [-0.3, -0.25) is 4.90 Å². The number of hydrogen-bond donors (Lipinski definition) is 1. The molecule has 0 radical (unpaired) electrons. The first-order valence-electron chi connectivity index (χ1n) is 7.60. The van der Waals surface area contributed by atoms with Crippen molar-refractivity contribution in [2.45, 2.75) is 51.4 Å². The molecular formula is C17H27FN2O. The van der Waals surface area contributed by atoms with Crippen LogP contribution in [0.3, 0.4) is 0 Å². The van der Waals surface area contributed by atoms with Gasteiger partial charge in [-0.25, -0.2) is 4.39 Å². The van der Waals surface area contributed by atoms with Crippen molar-refractivity contribution in [2.75, 3.05) is 19.6 Å². The minimum Gasteiger partial charge on any atom is -0.367 e. The van der Waals surface area contributed by atoms with E-state index in [1.54, 1.807) is 12.1 Å². The maximum Gasteiger partial charge on any atom is 0.123 e. The Hall–Kier alpha value is -0.970. The fourth-order valence-electron chi connectivity index (χ4n) is 3.30. The number of ether oxygens (including phenoxy) is 1. The summed E-state index contributed by atoms with van der Waals surface area (Å²) < 4.78 is 19.0. The summed E-state index contributed by atoms with van der Waals surface area (Å²) in [7, 11) is 0. The monoisotopic (exact) mass is 294 g/mol. The van der Waals surface area contributed by atoms with E-state index in [9.17, 15) is 4.39 Å². The molecule has 0 spiro atoms. The number of benzene rings is 1. The molecule has 0 saturated carbocycles. The van der Waals surface area contributed by atoms with E-state index in [0.29, 0.717) is 0 Å². The molecule has 21 heavy (non-hydrogen) atoms. The molecule has 118 valence electrons. The molecule has 1 fully saturated rings. The Labute approximate surface area is 127 Å². The van der Waals surface area contributed by atoms with Crippen LogP contribution in [-0.2, 0) is 4.74 Å². The molecule has 1 aliphatic rings. The van der Waals surface area contributed by atoms with Gasteiger partial charge in [-0.2, -0.15) is 0 Å². The van der Waals surface area contributed by atoms with Crippen molar-refractivity contribution < 1.29 is 9.13 Å². The van der Waals surface area contributed by atoms with E-state index in [1.807, 2.05) is 0 Å². The molecule has 1 aliphatic heterocycles. The molecule has 1 heterocycles. The van der Waals surface area contributed by atoms with Gasteiger partial charge in [0.05, 0.1) is 11.2 Å². The molecule has 1 saturated heterocycles. The van der Waals surface area contributed by atoms with Gasteiger partial charge in [-0.15, -0.1) is 0 Å². The average molecular weight is 294 g/mol. The average Bonchev–Trinajstić information content (AvgIpc) is 2.33. The van der Waals surface area contributed by atoms with E-state index in [2.05, 4.69) is 32.6 Å². The van der Waals surface area contributed by atoms with Gasteiger partial charge < -0.3 is 10.5 Å². The van der Waals surface area contributed by atoms with E-state index in [-0.39, 0.29) is 23.1 Å². The summed E-state index contributed by atoms with van der Waals surface area (Å²) in [6.45, 7) is 11.2. The topological polar surface area (TPSA) is 38.5 Å². The third-order valence-corrected chi connectivity index (χ3v) is 3.82. The second kappa shape index (κ2) is 6.03. The van der Waals surface area contributed by atoms with Crippen LogP contribution >= 0.6 is 0 Å². The molecule has 1 unspecified atom stereocenters. The van der Waals surface area contributed by atoms with E-state index < -0.39 is 0 Å². The summed E-state index contributed by atoms with van der Waals surface area (Å²) in [6, 6.07) is 6.42. The van der Waals surface area contributed by atoms with E-state index >= 15 is 0 Å². The number of halogens is 1. The van der Waals surface area contributed by atoms with E-state index in [0.717, 1.165) is 31.6 Å². The van der Waals surface area contributed by atoms with Crippen LogP contribution in [0.2, 0.25) is 0 Å². The Morgan fingerprint density at radius 1 is 1.14 bits per heavy atom. The molecule has 1 atom stereocenters. The fourth-order valence-corrected chi connectivity index (χ4v) is 3.30. The summed E-state index contributed by atoms with van der Waals surface area (Å²) in [5.41, 5.74) is 6.93. The second-order valence-corrected chi connectivity index (χ2v) is 7.28. The lowest BCUT2D eigenvalue weighted by Gasteiger charge is -2.47. The number of nitrogens with two attached hydrogens (primary N) is 1. The molecule has 0 aromatic heterocycles. The molecule has 3 nitrogen and oxygen atoms in total. The Balaban J connectivity index is 1.91. The molecule has 2 rings (SSSR count). The van der Waals surface area contributed by atoms with Crippen molar-refractivity contribution in [2.24, 2.45) is 5.73 Å². The van der Waals surface area contributed by atoms with Crippen LogP contribution in [0.4, 0.5) is 4.39 Å². The van der Waals surface area contributed by atoms with Crippen molar-refractivity contribution in [1.29, 1.82) is 0 Å². The molecule has 1 aromatic rings. The summed E-state index contributed by atoms with van der Waals surface area (Å²) in [5, 5.41) is 0. The van der Waals surface area contributed by atoms with Gasteiger partial charge in [-0.05, 0) is 51.8 Å². The van der Waals surface area contributed by atoms with Gasteiger partial charge in [0, 0.05) is 25.7 Å². The van der Waals surface area contributed by atoms with Crippen LogP contribution in [0.5, 0.6) is 0 Å². The van der Waals surface area contributed by atoms with Crippen molar-refractivity contribution >= 4 is 0 Å². The highest BCUT2D eigenvalue weighted by Crippen LogP contribution is 2.28. The van der Waals surface area contributed by atoms with Crippen molar-refractivity contribution in [3.63, 3.8) is 0 Å². The van der Waals surface area contributed by atoms with Crippen LogP contribution in [0, 0.1) is 5.82 Å². The molecule has 0 aliphatic carbocycles. The van der Waals surface area contributed by atoms with Crippen molar-refractivity contribution in [3.05, 3.63) is 35.6 Å². The predicted octanol–water partition coefficient (Wildman–Crippen LogP) is 3.11. The van der Waals surface area contributed by atoms with Crippen LogP contribution in [0.1, 0.15) is 45.7 Å². The molecular weight excluding hydrogens is 267 g/mol. The first-order chi connectivity index (χ1) is 9.67. The summed E-state index contributed by atoms with van der Waals surface area (Å²) in [5.74, 6) is -0.220. The standard InChI is InChI=1S/C17H27FN2O/c1-16(2)11-20(12-17(3,4)21-16)10-9-15(19)13-5-7-14(18)8-6-13/h5-8,15H,9-12,19H2,1-4H3. The zero-order valence-electron chi connectivity index (χ0n) is 13.5. The van der Waals surface area contributed by atoms with Crippen molar-refractivity contribution in [3.8, 4) is 0 Å². The van der Waals surface area contributed by atoms with Gasteiger partial charge >= 0.3 is 0 Å². The molecule has 0 bridgehead atoms. The third-order valence-electron chi connectivity index (χ3n) is 3.82. The number of rotatable bonds is 4. The van der Waals surface area contributed by atoms with Gasteiger partial charge in [0.1, 0.15) is 5.82 Å². The van der Waals surface area contributed by atoms with Crippen LogP contribution in [-0.4, -0.2) is 35.7 Å². The first kappa shape index (κ1) is 16.4. The van der Waals surface area contributed by atoms with E-state index in [4.69, 9.17) is 10.5 Å². The predicted molar refractivity (Wildman–Crippen MR) is 83.6 cm³/mol. The second-order valence-electron chi connectivity index (χ2n) is 7.28. The maximum absolute atomic E-state index is 12.9.